The van der Waals surface area contributed by atoms with Gasteiger partial charge in [-0.05, 0) is 31.5 Å². The Hall–Kier alpha value is -1.62. The third-order valence-electron chi connectivity index (χ3n) is 2.81. The number of ether oxygens (including phenoxy) is 1. The normalized spacial score (nSPS) is 10.7. The van der Waals surface area contributed by atoms with Crippen LogP contribution in [0.5, 0.6) is 5.75 Å². The second-order valence-corrected chi connectivity index (χ2v) is 4.15. The van der Waals surface area contributed by atoms with Crippen molar-refractivity contribution >= 4 is 5.69 Å². The molecule has 0 heterocycles. The molecule has 0 aliphatic rings. The summed E-state index contributed by atoms with van der Waals surface area (Å²) in [5, 5.41) is 14.0. The Balaban J connectivity index is 2.99. The molecule has 18 heavy (non-hydrogen) atoms. The lowest BCUT2D eigenvalue weighted by atomic mass is 10.1. The molecule has 0 fully saturated rings. The monoisotopic (exact) mass is 252 g/mol. The first-order valence-corrected chi connectivity index (χ1v) is 6.20. The fourth-order valence-corrected chi connectivity index (χ4v) is 1.75. The fraction of sp³-hybridized carbons (Fsp3) is 0.538. The second kappa shape index (κ2) is 6.96. The Morgan fingerprint density at radius 3 is 2.56 bits per heavy atom. The van der Waals surface area contributed by atoms with E-state index in [4.69, 9.17) is 4.74 Å². The van der Waals surface area contributed by atoms with Crippen molar-refractivity contribution in [3.63, 3.8) is 0 Å². The Morgan fingerprint density at radius 1 is 1.39 bits per heavy atom. The number of nitrogens with zero attached hydrogens (tertiary/aromatic N) is 1. The summed E-state index contributed by atoms with van der Waals surface area (Å²) >= 11 is 0. The summed E-state index contributed by atoms with van der Waals surface area (Å²) in [6, 6.07) is 5.10. The molecule has 0 unspecified atom stereocenters. The van der Waals surface area contributed by atoms with Crippen LogP contribution in [0.25, 0.3) is 0 Å². The van der Waals surface area contributed by atoms with Gasteiger partial charge in [0.15, 0.2) is 5.75 Å². The van der Waals surface area contributed by atoms with Gasteiger partial charge >= 0.3 is 5.69 Å². The number of nitrogens with one attached hydrogen (secondary N) is 1. The number of hydrogen-bond donors (Lipinski definition) is 1. The molecule has 0 aromatic heterocycles. The molecule has 1 aromatic rings. The zero-order valence-corrected chi connectivity index (χ0v) is 11.1. The zero-order valence-electron chi connectivity index (χ0n) is 11.1. The lowest BCUT2D eigenvalue weighted by Gasteiger charge is -2.15. The standard InChI is InChI=1S/C13H20N2O3/c1-4-11(5-2)18-13-7-6-10(9-14-3)8-12(13)15(16)17/h6-8,11,14H,4-5,9H2,1-3H3. The molecular formula is C13H20N2O3. The maximum atomic E-state index is 11.0. The van der Waals surface area contributed by atoms with E-state index in [1.54, 1.807) is 19.2 Å². The summed E-state index contributed by atoms with van der Waals surface area (Å²) in [6.45, 7) is 4.62. The van der Waals surface area contributed by atoms with Crippen LogP contribution in [-0.2, 0) is 6.54 Å². The van der Waals surface area contributed by atoms with E-state index in [1.165, 1.54) is 0 Å². The summed E-state index contributed by atoms with van der Waals surface area (Å²) in [6.07, 6.45) is 1.71. The van der Waals surface area contributed by atoms with E-state index in [0.717, 1.165) is 18.4 Å². The first kappa shape index (κ1) is 14.4. The van der Waals surface area contributed by atoms with Crippen molar-refractivity contribution in [3.8, 4) is 5.75 Å². The summed E-state index contributed by atoms with van der Waals surface area (Å²) in [4.78, 5) is 10.6. The van der Waals surface area contributed by atoms with Crippen LogP contribution in [0.4, 0.5) is 5.69 Å². The minimum absolute atomic E-state index is 0.0267. The van der Waals surface area contributed by atoms with Crippen molar-refractivity contribution in [3.05, 3.63) is 33.9 Å². The molecule has 1 N–H and O–H groups in total. The van der Waals surface area contributed by atoms with Crippen molar-refractivity contribution in [1.82, 2.24) is 5.32 Å². The molecule has 0 aliphatic heterocycles. The van der Waals surface area contributed by atoms with Crippen LogP contribution in [0.3, 0.4) is 0 Å². The highest BCUT2D eigenvalue weighted by atomic mass is 16.6. The summed E-state index contributed by atoms with van der Waals surface area (Å²) in [5.74, 6) is 0.355. The predicted molar refractivity (Wildman–Crippen MR) is 70.9 cm³/mol. The molecule has 0 saturated carbocycles. The lowest BCUT2D eigenvalue weighted by Crippen LogP contribution is -2.15. The van der Waals surface area contributed by atoms with Crippen LogP contribution in [0.1, 0.15) is 32.3 Å². The molecule has 0 radical (unpaired) electrons. The van der Waals surface area contributed by atoms with Gasteiger partial charge < -0.3 is 10.1 Å². The van der Waals surface area contributed by atoms with Crippen LogP contribution in [0.15, 0.2) is 18.2 Å². The minimum Gasteiger partial charge on any atom is -0.484 e. The van der Waals surface area contributed by atoms with Gasteiger partial charge in [-0.1, -0.05) is 19.9 Å². The van der Waals surface area contributed by atoms with E-state index >= 15 is 0 Å². The smallest absolute Gasteiger partial charge is 0.311 e. The van der Waals surface area contributed by atoms with Gasteiger partial charge in [0.25, 0.3) is 0 Å². The van der Waals surface area contributed by atoms with Gasteiger partial charge in [0, 0.05) is 12.6 Å². The van der Waals surface area contributed by atoms with Gasteiger partial charge in [-0.2, -0.15) is 0 Å². The Labute approximate surface area is 107 Å². The Morgan fingerprint density at radius 2 is 2.06 bits per heavy atom. The summed E-state index contributed by atoms with van der Waals surface area (Å²) < 4.78 is 5.68. The maximum Gasteiger partial charge on any atom is 0.311 e. The Kier molecular flexibility index (Phi) is 5.58. The van der Waals surface area contributed by atoms with Crippen molar-refractivity contribution in [1.29, 1.82) is 0 Å². The average Bonchev–Trinajstić information content (AvgIpc) is 2.37. The van der Waals surface area contributed by atoms with Crippen molar-refractivity contribution < 1.29 is 9.66 Å². The third-order valence-corrected chi connectivity index (χ3v) is 2.81. The first-order chi connectivity index (χ1) is 8.62. The van der Waals surface area contributed by atoms with Crippen molar-refractivity contribution in [2.45, 2.75) is 39.3 Å². The molecule has 1 rings (SSSR count). The number of rotatable bonds is 7. The molecule has 5 nitrogen and oxygen atoms in total. The molecule has 0 bridgehead atoms. The van der Waals surface area contributed by atoms with E-state index in [0.29, 0.717) is 12.3 Å². The molecule has 0 atom stereocenters. The first-order valence-electron chi connectivity index (χ1n) is 6.20. The highest BCUT2D eigenvalue weighted by Crippen LogP contribution is 2.29. The second-order valence-electron chi connectivity index (χ2n) is 4.15. The summed E-state index contributed by atoms with van der Waals surface area (Å²) in [7, 11) is 1.81. The van der Waals surface area contributed by atoms with E-state index in [-0.39, 0.29) is 11.8 Å². The highest BCUT2D eigenvalue weighted by Gasteiger charge is 2.18. The topological polar surface area (TPSA) is 64.4 Å². The molecule has 0 amide bonds. The van der Waals surface area contributed by atoms with Crippen molar-refractivity contribution in [2.24, 2.45) is 0 Å². The molecule has 100 valence electrons. The average molecular weight is 252 g/mol. The van der Waals surface area contributed by atoms with Crippen LogP contribution in [0.2, 0.25) is 0 Å². The Bertz CT molecular complexity index is 403. The van der Waals surface area contributed by atoms with E-state index in [1.807, 2.05) is 19.9 Å². The number of hydrogen-bond acceptors (Lipinski definition) is 4. The van der Waals surface area contributed by atoms with Gasteiger partial charge in [0.05, 0.1) is 11.0 Å². The lowest BCUT2D eigenvalue weighted by molar-refractivity contribution is -0.386. The van der Waals surface area contributed by atoms with Gasteiger partial charge in [0.2, 0.25) is 0 Å². The van der Waals surface area contributed by atoms with E-state index < -0.39 is 4.92 Å². The van der Waals surface area contributed by atoms with Crippen LogP contribution >= 0.6 is 0 Å². The highest BCUT2D eigenvalue weighted by molar-refractivity contribution is 5.48. The quantitative estimate of drug-likeness (QED) is 0.598. The molecule has 1 aromatic carbocycles. The van der Waals surface area contributed by atoms with Gasteiger partial charge in [-0.15, -0.1) is 0 Å². The SMILES string of the molecule is CCC(CC)Oc1ccc(CNC)cc1[N+](=O)[O-]. The van der Waals surface area contributed by atoms with Gasteiger partial charge in [0.1, 0.15) is 0 Å². The van der Waals surface area contributed by atoms with Crippen LogP contribution < -0.4 is 10.1 Å². The molecule has 0 aliphatic carbocycles. The molecule has 5 heteroatoms. The van der Waals surface area contributed by atoms with Crippen molar-refractivity contribution in [2.75, 3.05) is 7.05 Å². The molecular weight excluding hydrogens is 232 g/mol. The van der Waals surface area contributed by atoms with E-state index in [9.17, 15) is 10.1 Å². The van der Waals surface area contributed by atoms with Gasteiger partial charge in [-0.25, -0.2) is 0 Å². The predicted octanol–water partition coefficient (Wildman–Crippen LogP) is 2.88. The fourth-order valence-electron chi connectivity index (χ4n) is 1.75. The number of benzene rings is 1. The number of nitro groups is 1. The number of nitro benzene ring substituents is 1. The van der Waals surface area contributed by atoms with Crippen LogP contribution in [-0.4, -0.2) is 18.1 Å². The molecule has 0 spiro atoms. The zero-order chi connectivity index (χ0) is 13.5. The molecule has 0 saturated heterocycles. The van der Waals surface area contributed by atoms with Gasteiger partial charge in [-0.3, -0.25) is 10.1 Å². The largest absolute Gasteiger partial charge is 0.484 e. The third kappa shape index (κ3) is 3.70. The minimum atomic E-state index is -0.392. The maximum absolute atomic E-state index is 11.0. The van der Waals surface area contributed by atoms with E-state index in [2.05, 4.69) is 5.32 Å². The van der Waals surface area contributed by atoms with Crippen LogP contribution in [0, 0.1) is 10.1 Å². The summed E-state index contributed by atoms with van der Waals surface area (Å²) in [5.41, 5.74) is 0.913.